The van der Waals surface area contributed by atoms with E-state index in [1.54, 1.807) is 6.92 Å². The van der Waals surface area contributed by atoms with Crippen LogP contribution >= 0.6 is 0 Å². The van der Waals surface area contributed by atoms with Crippen LogP contribution in [0.5, 0.6) is 0 Å². The summed E-state index contributed by atoms with van der Waals surface area (Å²) in [5, 5.41) is 25.4. The van der Waals surface area contributed by atoms with E-state index in [-0.39, 0.29) is 5.91 Å². The molecule has 0 aromatic carbocycles. The predicted octanol–water partition coefficient (Wildman–Crippen LogP) is -0.519. The Bertz CT molecular complexity index is 445. The van der Waals surface area contributed by atoms with E-state index < -0.39 is 11.5 Å². The molecule has 1 aliphatic rings. The lowest BCUT2D eigenvalue weighted by Gasteiger charge is -2.35. The summed E-state index contributed by atoms with van der Waals surface area (Å²) in [5.74, 6) is -0.606. The minimum Gasteiger partial charge on any atom is -0.381 e. The van der Waals surface area contributed by atoms with Gasteiger partial charge in [-0.3, -0.25) is 4.79 Å². The number of hydrogen-bond donors (Lipinski definition) is 2. The number of amides is 1. The molecule has 8 nitrogen and oxygen atoms in total. The number of carbonyl (C=O) groups is 1. The van der Waals surface area contributed by atoms with E-state index in [1.807, 2.05) is 6.07 Å². The summed E-state index contributed by atoms with van der Waals surface area (Å²) in [6.45, 7) is 2.57. The molecule has 1 aromatic rings. The Labute approximate surface area is 104 Å². The zero-order valence-electron chi connectivity index (χ0n) is 10.0. The molecular formula is C10H14N6O2. The van der Waals surface area contributed by atoms with Crippen molar-refractivity contribution in [1.29, 1.82) is 5.26 Å². The van der Waals surface area contributed by atoms with Crippen molar-refractivity contribution in [1.82, 2.24) is 25.9 Å². The number of rotatable bonds is 3. The third kappa shape index (κ3) is 2.31. The maximum absolute atomic E-state index is 11.9. The maximum Gasteiger partial charge on any atom is 0.237 e. The molecule has 1 fully saturated rings. The molecule has 2 rings (SSSR count). The number of ether oxygens (including phenoxy) is 1. The molecule has 96 valence electrons. The fourth-order valence-electron chi connectivity index (χ4n) is 1.89. The van der Waals surface area contributed by atoms with E-state index in [0.717, 1.165) is 0 Å². The highest BCUT2D eigenvalue weighted by molar-refractivity contribution is 5.81. The lowest BCUT2D eigenvalue weighted by atomic mass is 9.88. The van der Waals surface area contributed by atoms with Crippen LogP contribution in [0.1, 0.15) is 25.6 Å². The number of tetrazole rings is 1. The molecule has 1 atom stereocenters. The van der Waals surface area contributed by atoms with E-state index in [1.165, 1.54) is 0 Å². The number of aromatic nitrogens is 4. The molecule has 2 heterocycles. The Morgan fingerprint density at radius 3 is 2.89 bits per heavy atom. The molecule has 1 amide bonds. The smallest absolute Gasteiger partial charge is 0.237 e. The Morgan fingerprint density at radius 2 is 2.33 bits per heavy atom. The quantitative estimate of drug-likeness (QED) is 0.745. The third-order valence-corrected chi connectivity index (χ3v) is 3.07. The van der Waals surface area contributed by atoms with Crippen LogP contribution in [0.15, 0.2) is 0 Å². The monoisotopic (exact) mass is 250 g/mol. The first kappa shape index (κ1) is 12.4. The molecule has 0 spiro atoms. The molecule has 0 bridgehead atoms. The van der Waals surface area contributed by atoms with Gasteiger partial charge in [0.1, 0.15) is 11.5 Å². The fourth-order valence-corrected chi connectivity index (χ4v) is 1.89. The second-order valence-corrected chi connectivity index (χ2v) is 4.27. The van der Waals surface area contributed by atoms with Gasteiger partial charge in [0.05, 0.1) is 6.07 Å². The molecule has 0 aliphatic carbocycles. The van der Waals surface area contributed by atoms with Crippen molar-refractivity contribution in [2.24, 2.45) is 5.92 Å². The number of carbonyl (C=O) groups excluding carboxylic acids is 1. The van der Waals surface area contributed by atoms with Crippen molar-refractivity contribution in [3.63, 3.8) is 0 Å². The second-order valence-electron chi connectivity index (χ2n) is 4.27. The van der Waals surface area contributed by atoms with Crippen LogP contribution in [0, 0.1) is 17.2 Å². The van der Waals surface area contributed by atoms with Crippen molar-refractivity contribution in [3.05, 3.63) is 5.82 Å². The average Bonchev–Trinajstić information content (AvgIpc) is 2.93. The molecule has 1 aromatic heterocycles. The zero-order chi connectivity index (χ0) is 13.0. The van der Waals surface area contributed by atoms with E-state index in [4.69, 9.17) is 10.00 Å². The largest absolute Gasteiger partial charge is 0.381 e. The summed E-state index contributed by atoms with van der Waals surface area (Å²) in [6, 6.07) is 1.91. The van der Waals surface area contributed by atoms with Crippen molar-refractivity contribution in [3.8, 4) is 6.07 Å². The van der Waals surface area contributed by atoms with Crippen molar-refractivity contribution in [2.75, 3.05) is 13.2 Å². The lowest BCUT2D eigenvalue weighted by Crippen LogP contribution is -2.51. The summed E-state index contributed by atoms with van der Waals surface area (Å²) in [6.07, 6.45) is 1.13. The summed E-state index contributed by atoms with van der Waals surface area (Å²) in [4.78, 5) is 11.9. The van der Waals surface area contributed by atoms with Gasteiger partial charge in [-0.2, -0.15) is 10.5 Å². The first-order chi connectivity index (χ1) is 8.68. The second kappa shape index (κ2) is 5.10. The number of nitriles is 1. The van der Waals surface area contributed by atoms with Gasteiger partial charge < -0.3 is 10.1 Å². The van der Waals surface area contributed by atoms with E-state index in [0.29, 0.717) is 31.9 Å². The van der Waals surface area contributed by atoms with E-state index in [2.05, 4.69) is 25.9 Å². The molecule has 0 radical (unpaired) electrons. The number of hydrogen-bond acceptors (Lipinski definition) is 6. The number of nitrogens with zero attached hydrogens (tertiary/aromatic N) is 4. The normalized spacial score (nSPS) is 19.8. The standard InChI is InChI=1S/C10H14N6O2/c1-7(6-11)8(17)12-10(2-4-18-5-3-10)9-13-15-16-14-9/h7H,2-5H2,1H3,(H,12,17)(H,13,14,15,16). The van der Waals surface area contributed by atoms with Gasteiger partial charge in [-0.1, -0.05) is 5.21 Å². The summed E-state index contributed by atoms with van der Waals surface area (Å²) >= 11 is 0. The van der Waals surface area contributed by atoms with Crippen molar-refractivity contribution < 1.29 is 9.53 Å². The minimum absolute atomic E-state index is 0.329. The molecule has 2 N–H and O–H groups in total. The molecule has 1 unspecified atom stereocenters. The van der Waals surface area contributed by atoms with Crippen LogP contribution in [0.4, 0.5) is 0 Å². The summed E-state index contributed by atoms with van der Waals surface area (Å²) in [5.41, 5.74) is -0.687. The number of H-pyrrole nitrogens is 1. The van der Waals surface area contributed by atoms with Gasteiger partial charge in [0.15, 0.2) is 5.82 Å². The van der Waals surface area contributed by atoms with Gasteiger partial charge in [-0.25, -0.2) is 0 Å². The van der Waals surface area contributed by atoms with Crippen LogP contribution in [-0.4, -0.2) is 39.7 Å². The van der Waals surface area contributed by atoms with Gasteiger partial charge in [0, 0.05) is 26.1 Å². The van der Waals surface area contributed by atoms with Gasteiger partial charge >= 0.3 is 0 Å². The first-order valence-electron chi connectivity index (χ1n) is 5.71. The Hall–Kier alpha value is -2.01. The maximum atomic E-state index is 11.9. The predicted molar refractivity (Wildman–Crippen MR) is 58.8 cm³/mol. The van der Waals surface area contributed by atoms with Crippen LogP contribution in [0.3, 0.4) is 0 Å². The van der Waals surface area contributed by atoms with E-state index >= 15 is 0 Å². The zero-order valence-corrected chi connectivity index (χ0v) is 10.0. The highest BCUT2D eigenvalue weighted by atomic mass is 16.5. The van der Waals surface area contributed by atoms with Crippen LogP contribution < -0.4 is 5.32 Å². The van der Waals surface area contributed by atoms with Gasteiger partial charge in [-0.15, -0.1) is 10.2 Å². The Balaban J connectivity index is 2.21. The van der Waals surface area contributed by atoms with Crippen molar-refractivity contribution >= 4 is 5.91 Å². The van der Waals surface area contributed by atoms with Gasteiger partial charge in [0.2, 0.25) is 5.91 Å². The molecular weight excluding hydrogens is 236 g/mol. The fraction of sp³-hybridized carbons (Fsp3) is 0.700. The molecule has 8 heteroatoms. The third-order valence-electron chi connectivity index (χ3n) is 3.07. The summed E-state index contributed by atoms with van der Waals surface area (Å²) < 4.78 is 5.29. The molecule has 0 saturated carbocycles. The van der Waals surface area contributed by atoms with E-state index in [9.17, 15) is 4.79 Å². The minimum atomic E-state index is -0.711. The highest BCUT2D eigenvalue weighted by Crippen LogP contribution is 2.29. The van der Waals surface area contributed by atoms with Gasteiger partial charge in [-0.05, 0) is 6.92 Å². The lowest BCUT2D eigenvalue weighted by molar-refractivity contribution is -0.126. The average molecular weight is 250 g/mol. The highest BCUT2D eigenvalue weighted by Gasteiger charge is 2.40. The first-order valence-corrected chi connectivity index (χ1v) is 5.71. The SMILES string of the molecule is CC(C#N)C(=O)NC1(c2nn[nH]n2)CCOCC1. The number of aromatic amines is 1. The number of nitrogens with one attached hydrogen (secondary N) is 2. The topological polar surface area (TPSA) is 117 Å². The Kier molecular flexibility index (Phi) is 3.53. The van der Waals surface area contributed by atoms with Crippen LogP contribution in [-0.2, 0) is 15.1 Å². The summed E-state index contributed by atoms with van der Waals surface area (Å²) in [7, 11) is 0. The molecule has 18 heavy (non-hydrogen) atoms. The van der Waals surface area contributed by atoms with Gasteiger partial charge in [0.25, 0.3) is 0 Å². The van der Waals surface area contributed by atoms with Crippen LogP contribution in [0.25, 0.3) is 0 Å². The van der Waals surface area contributed by atoms with Crippen LogP contribution in [0.2, 0.25) is 0 Å². The molecule has 1 aliphatic heterocycles. The molecule has 1 saturated heterocycles. The van der Waals surface area contributed by atoms with Crippen molar-refractivity contribution in [2.45, 2.75) is 25.3 Å². The Morgan fingerprint density at radius 1 is 1.61 bits per heavy atom.